The van der Waals surface area contributed by atoms with Gasteiger partial charge in [-0.3, -0.25) is 14.5 Å². The lowest BCUT2D eigenvalue weighted by atomic mass is 10.0. The van der Waals surface area contributed by atoms with Gasteiger partial charge in [0.05, 0.1) is 0 Å². The van der Waals surface area contributed by atoms with E-state index >= 15 is 0 Å². The van der Waals surface area contributed by atoms with Crippen LogP contribution in [0.2, 0.25) is 0 Å². The van der Waals surface area contributed by atoms with Gasteiger partial charge in [0.1, 0.15) is 11.6 Å². The SMILES string of the molecule is CC(C)(C)OC(=O)N1CCCC1C(=O)Nc1cccc(C(=O)c2ccccc2)c1. The number of ether oxygens (including phenoxy) is 1. The van der Waals surface area contributed by atoms with Crippen molar-refractivity contribution in [3.05, 3.63) is 65.7 Å². The number of nitrogens with zero attached hydrogens (tertiary/aromatic N) is 1. The lowest BCUT2D eigenvalue weighted by Gasteiger charge is -2.28. The first-order valence-electron chi connectivity index (χ1n) is 9.75. The number of hydrogen-bond donors (Lipinski definition) is 1. The highest BCUT2D eigenvalue weighted by atomic mass is 16.6. The molecule has 2 aromatic rings. The molecule has 0 aliphatic carbocycles. The molecule has 152 valence electrons. The van der Waals surface area contributed by atoms with Gasteiger partial charge in [0, 0.05) is 23.4 Å². The Morgan fingerprint density at radius 2 is 1.69 bits per heavy atom. The molecule has 2 amide bonds. The van der Waals surface area contributed by atoms with Gasteiger partial charge in [-0.25, -0.2) is 4.79 Å². The van der Waals surface area contributed by atoms with Crippen molar-refractivity contribution >= 4 is 23.5 Å². The molecular formula is C23H26N2O4. The molecule has 2 aromatic carbocycles. The highest BCUT2D eigenvalue weighted by Crippen LogP contribution is 2.23. The summed E-state index contributed by atoms with van der Waals surface area (Å²) in [6, 6.07) is 15.2. The molecule has 0 aromatic heterocycles. The van der Waals surface area contributed by atoms with E-state index in [1.807, 2.05) is 18.2 Å². The Bertz CT molecular complexity index is 903. The lowest BCUT2D eigenvalue weighted by molar-refractivity contribution is -0.120. The number of benzene rings is 2. The Kier molecular flexibility index (Phi) is 6.01. The molecule has 3 rings (SSSR count). The summed E-state index contributed by atoms with van der Waals surface area (Å²) in [6.45, 7) is 5.88. The molecule has 0 saturated carbocycles. The largest absolute Gasteiger partial charge is 0.444 e. The van der Waals surface area contributed by atoms with E-state index in [0.29, 0.717) is 29.8 Å². The highest BCUT2D eigenvalue weighted by molar-refractivity contribution is 6.09. The molecule has 1 N–H and O–H groups in total. The first-order valence-corrected chi connectivity index (χ1v) is 9.75. The van der Waals surface area contributed by atoms with Crippen LogP contribution in [0, 0.1) is 0 Å². The Morgan fingerprint density at radius 3 is 2.38 bits per heavy atom. The predicted octanol–water partition coefficient (Wildman–Crippen LogP) is 4.26. The molecule has 1 aliphatic rings. The van der Waals surface area contributed by atoms with Gasteiger partial charge in [0.2, 0.25) is 5.91 Å². The number of ketones is 1. The summed E-state index contributed by atoms with van der Waals surface area (Å²) in [5.41, 5.74) is 0.979. The van der Waals surface area contributed by atoms with Crippen molar-refractivity contribution < 1.29 is 19.1 Å². The number of rotatable bonds is 4. The maximum atomic E-state index is 12.8. The molecule has 1 heterocycles. The van der Waals surface area contributed by atoms with E-state index in [1.165, 1.54) is 4.90 Å². The van der Waals surface area contributed by atoms with Gasteiger partial charge in [-0.15, -0.1) is 0 Å². The van der Waals surface area contributed by atoms with Gasteiger partial charge in [0.15, 0.2) is 5.78 Å². The maximum absolute atomic E-state index is 12.8. The minimum atomic E-state index is -0.618. The molecule has 1 unspecified atom stereocenters. The van der Waals surface area contributed by atoms with Crippen molar-refractivity contribution in [2.45, 2.75) is 45.3 Å². The topological polar surface area (TPSA) is 75.7 Å². The molecule has 0 radical (unpaired) electrons. The predicted molar refractivity (Wildman–Crippen MR) is 111 cm³/mol. The average molecular weight is 394 g/mol. The zero-order valence-electron chi connectivity index (χ0n) is 17.0. The molecule has 1 fully saturated rings. The Labute approximate surface area is 170 Å². The summed E-state index contributed by atoms with van der Waals surface area (Å²) < 4.78 is 5.41. The van der Waals surface area contributed by atoms with E-state index in [0.717, 1.165) is 6.42 Å². The standard InChI is InChI=1S/C23H26N2O4/c1-23(2,3)29-22(28)25-14-8-13-19(25)21(27)24-18-12-7-11-17(15-18)20(26)16-9-5-4-6-10-16/h4-7,9-12,15,19H,8,13-14H2,1-3H3,(H,24,27). The summed E-state index contributed by atoms with van der Waals surface area (Å²) in [4.78, 5) is 39.3. The quantitative estimate of drug-likeness (QED) is 0.787. The first-order chi connectivity index (χ1) is 13.7. The van der Waals surface area contributed by atoms with Crippen LogP contribution in [0.3, 0.4) is 0 Å². The molecule has 1 saturated heterocycles. The Hall–Kier alpha value is -3.15. The fourth-order valence-corrected chi connectivity index (χ4v) is 3.30. The van der Waals surface area contributed by atoms with Crippen molar-refractivity contribution in [1.82, 2.24) is 4.90 Å². The van der Waals surface area contributed by atoms with E-state index in [4.69, 9.17) is 4.74 Å². The first kappa shape index (κ1) is 20.6. The summed E-state index contributed by atoms with van der Waals surface area (Å²) in [6.07, 6.45) is 0.834. The number of nitrogens with one attached hydrogen (secondary N) is 1. The Balaban J connectivity index is 1.70. The van der Waals surface area contributed by atoms with E-state index in [1.54, 1.807) is 57.2 Å². The average Bonchev–Trinajstić information content (AvgIpc) is 3.17. The van der Waals surface area contributed by atoms with E-state index in [2.05, 4.69) is 5.32 Å². The van der Waals surface area contributed by atoms with Gasteiger partial charge < -0.3 is 10.1 Å². The number of likely N-dealkylation sites (tertiary alicyclic amines) is 1. The second-order valence-electron chi connectivity index (χ2n) is 8.10. The van der Waals surface area contributed by atoms with Crippen LogP contribution >= 0.6 is 0 Å². The van der Waals surface area contributed by atoms with Crippen LogP contribution < -0.4 is 5.32 Å². The van der Waals surface area contributed by atoms with Crippen molar-refractivity contribution in [1.29, 1.82) is 0 Å². The van der Waals surface area contributed by atoms with Gasteiger partial charge in [-0.05, 0) is 45.7 Å². The third kappa shape index (κ3) is 5.22. The minimum absolute atomic E-state index is 0.113. The number of hydrogen-bond acceptors (Lipinski definition) is 4. The van der Waals surface area contributed by atoms with E-state index in [9.17, 15) is 14.4 Å². The summed E-state index contributed by atoms with van der Waals surface area (Å²) in [7, 11) is 0. The zero-order chi connectivity index (χ0) is 21.0. The molecule has 29 heavy (non-hydrogen) atoms. The third-order valence-corrected chi connectivity index (χ3v) is 4.61. The van der Waals surface area contributed by atoms with E-state index < -0.39 is 17.7 Å². The maximum Gasteiger partial charge on any atom is 0.410 e. The molecule has 0 bridgehead atoms. The fourth-order valence-electron chi connectivity index (χ4n) is 3.30. The van der Waals surface area contributed by atoms with E-state index in [-0.39, 0.29) is 11.7 Å². The van der Waals surface area contributed by atoms with Crippen molar-refractivity contribution in [2.24, 2.45) is 0 Å². The molecule has 0 spiro atoms. The van der Waals surface area contributed by atoms with Gasteiger partial charge in [0.25, 0.3) is 0 Å². The number of carbonyl (C=O) groups excluding carboxylic acids is 3. The molecular weight excluding hydrogens is 368 g/mol. The van der Waals surface area contributed by atoms with Crippen LogP contribution in [0.5, 0.6) is 0 Å². The summed E-state index contributed by atoms with van der Waals surface area (Å²) in [5, 5.41) is 2.84. The second kappa shape index (κ2) is 8.47. The van der Waals surface area contributed by atoms with Crippen molar-refractivity contribution in [3.63, 3.8) is 0 Å². The summed E-state index contributed by atoms with van der Waals surface area (Å²) >= 11 is 0. The summed E-state index contributed by atoms with van der Waals surface area (Å²) in [5.74, 6) is -0.393. The zero-order valence-corrected chi connectivity index (χ0v) is 17.0. The smallest absolute Gasteiger partial charge is 0.410 e. The highest BCUT2D eigenvalue weighted by Gasteiger charge is 2.36. The molecule has 1 aliphatic heterocycles. The van der Waals surface area contributed by atoms with Crippen LogP contribution in [0.25, 0.3) is 0 Å². The van der Waals surface area contributed by atoms with Crippen LogP contribution in [-0.2, 0) is 9.53 Å². The molecule has 1 atom stereocenters. The second-order valence-corrected chi connectivity index (χ2v) is 8.10. The number of carbonyl (C=O) groups is 3. The lowest BCUT2D eigenvalue weighted by Crippen LogP contribution is -2.45. The van der Waals surface area contributed by atoms with Crippen LogP contribution in [0.15, 0.2) is 54.6 Å². The van der Waals surface area contributed by atoms with Gasteiger partial charge in [-0.2, -0.15) is 0 Å². The number of amides is 2. The van der Waals surface area contributed by atoms with Crippen LogP contribution in [-0.4, -0.2) is 40.9 Å². The van der Waals surface area contributed by atoms with Gasteiger partial charge in [-0.1, -0.05) is 42.5 Å². The van der Waals surface area contributed by atoms with Crippen LogP contribution in [0.4, 0.5) is 10.5 Å². The fraction of sp³-hybridized carbons (Fsp3) is 0.348. The van der Waals surface area contributed by atoms with Gasteiger partial charge >= 0.3 is 6.09 Å². The molecule has 6 nitrogen and oxygen atoms in total. The normalized spacial score (nSPS) is 16.4. The Morgan fingerprint density at radius 1 is 1.00 bits per heavy atom. The van der Waals surface area contributed by atoms with Crippen molar-refractivity contribution in [2.75, 3.05) is 11.9 Å². The minimum Gasteiger partial charge on any atom is -0.444 e. The number of anilines is 1. The third-order valence-electron chi connectivity index (χ3n) is 4.61. The van der Waals surface area contributed by atoms with Crippen molar-refractivity contribution in [3.8, 4) is 0 Å². The monoisotopic (exact) mass is 394 g/mol. The molecule has 6 heteroatoms. The van der Waals surface area contributed by atoms with Crippen LogP contribution in [0.1, 0.15) is 49.5 Å².